The first-order valence-electron chi connectivity index (χ1n) is 6.19. The number of nitrogens with one attached hydrogen (secondary N) is 2. The lowest BCUT2D eigenvalue weighted by Crippen LogP contribution is -2.02. The second-order valence-corrected chi connectivity index (χ2v) is 4.37. The number of aromatic nitrogens is 1. The largest absolute Gasteiger partial charge is 0.374 e. The average Bonchev–Trinajstić information content (AvgIpc) is 2.86. The van der Waals surface area contributed by atoms with Crippen molar-refractivity contribution in [2.75, 3.05) is 12.4 Å². The molecule has 0 fully saturated rings. The van der Waals surface area contributed by atoms with Gasteiger partial charge in [0, 0.05) is 23.4 Å². The maximum absolute atomic E-state index is 12.5. The van der Waals surface area contributed by atoms with Gasteiger partial charge in [0.15, 0.2) is 0 Å². The lowest BCUT2D eigenvalue weighted by Gasteiger charge is -1.99. The molecule has 3 aromatic rings. The highest BCUT2D eigenvalue weighted by atomic mass is 16.1. The van der Waals surface area contributed by atoms with E-state index >= 15 is 0 Å². The second-order valence-electron chi connectivity index (χ2n) is 4.37. The van der Waals surface area contributed by atoms with E-state index in [4.69, 9.17) is 0 Å². The number of fused-ring (bicyclic) bond motifs is 1. The topological polar surface area (TPSA) is 44.9 Å². The number of benzene rings is 2. The fourth-order valence-electron chi connectivity index (χ4n) is 2.29. The zero-order chi connectivity index (χ0) is 13.2. The molecule has 1 aromatic heterocycles. The van der Waals surface area contributed by atoms with E-state index in [0.29, 0.717) is 11.3 Å². The van der Waals surface area contributed by atoms with Crippen LogP contribution in [0, 0.1) is 0 Å². The smallest absolute Gasteiger partial charge is 0.209 e. The Morgan fingerprint density at radius 2 is 1.58 bits per heavy atom. The van der Waals surface area contributed by atoms with Gasteiger partial charge in [-0.25, -0.2) is 0 Å². The molecule has 94 valence electrons. The molecule has 0 saturated heterocycles. The molecule has 0 aliphatic heterocycles. The molecule has 0 spiro atoms. The maximum atomic E-state index is 12.5. The van der Waals surface area contributed by atoms with Crippen LogP contribution in [0.4, 0.5) is 5.82 Å². The third-order valence-electron chi connectivity index (χ3n) is 3.23. The van der Waals surface area contributed by atoms with Crippen molar-refractivity contribution in [2.45, 2.75) is 0 Å². The van der Waals surface area contributed by atoms with Crippen molar-refractivity contribution in [1.29, 1.82) is 0 Å². The van der Waals surface area contributed by atoms with E-state index in [2.05, 4.69) is 10.3 Å². The number of hydrogen-bond acceptors (Lipinski definition) is 2. The number of aromatic amines is 1. The molecule has 19 heavy (non-hydrogen) atoms. The second kappa shape index (κ2) is 4.61. The maximum Gasteiger partial charge on any atom is 0.209 e. The van der Waals surface area contributed by atoms with Crippen molar-refractivity contribution in [2.24, 2.45) is 0 Å². The van der Waals surface area contributed by atoms with Crippen molar-refractivity contribution >= 4 is 22.4 Å². The van der Waals surface area contributed by atoms with Crippen molar-refractivity contribution < 1.29 is 4.79 Å². The Morgan fingerprint density at radius 1 is 0.947 bits per heavy atom. The molecular formula is C16H14N2O. The van der Waals surface area contributed by atoms with E-state index < -0.39 is 0 Å². The number of hydrogen-bond donors (Lipinski definition) is 2. The highest BCUT2D eigenvalue weighted by Gasteiger charge is 2.16. The number of anilines is 1. The minimum Gasteiger partial charge on any atom is -0.374 e. The SMILES string of the molecule is CNc1[nH]c(C(=O)c2ccccc2)c2ccccc12. The Balaban J connectivity index is 2.18. The Morgan fingerprint density at radius 3 is 2.26 bits per heavy atom. The Labute approximate surface area is 111 Å². The van der Waals surface area contributed by atoms with Crippen LogP contribution in [0.15, 0.2) is 54.6 Å². The number of ketones is 1. The fraction of sp³-hybridized carbons (Fsp3) is 0.0625. The van der Waals surface area contributed by atoms with Crippen LogP contribution in [-0.2, 0) is 0 Å². The first-order chi connectivity index (χ1) is 9.31. The Kier molecular flexibility index (Phi) is 2.80. The fourth-order valence-corrected chi connectivity index (χ4v) is 2.29. The summed E-state index contributed by atoms with van der Waals surface area (Å²) in [4.78, 5) is 15.7. The van der Waals surface area contributed by atoms with Gasteiger partial charge in [-0.2, -0.15) is 0 Å². The molecule has 0 aliphatic rings. The van der Waals surface area contributed by atoms with E-state index in [9.17, 15) is 4.79 Å². The predicted octanol–water partition coefficient (Wildman–Crippen LogP) is 3.44. The first-order valence-corrected chi connectivity index (χ1v) is 6.19. The Hall–Kier alpha value is -2.55. The molecule has 3 rings (SSSR count). The minimum atomic E-state index is 0.0123. The molecule has 0 unspecified atom stereocenters. The summed E-state index contributed by atoms with van der Waals surface area (Å²) >= 11 is 0. The number of carbonyl (C=O) groups excluding carboxylic acids is 1. The third kappa shape index (κ3) is 1.89. The summed E-state index contributed by atoms with van der Waals surface area (Å²) in [5, 5.41) is 5.07. The van der Waals surface area contributed by atoms with E-state index in [1.807, 2.05) is 61.6 Å². The lowest BCUT2D eigenvalue weighted by molar-refractivity contribution is 0.103. The van der Waals surface area contributed by atoms with Gasteiger partial charge >= 0.3 is 0 Å². The Bertz CT molecular complexity index is 729. The molecule has 2 N–H and O–H groups in total. The van der Waals surface area contributed by atoms with Crippen LogP contribution in [-0.4, -0.2) is 17.8 Å². The first kappa shape index (κ1) is 11.5. The van der Waals surface area contributed by atoms with Crippen molar-refractivity contribution in [3.8, 4) is 0 Å². The van der Waals surface area contributed by atoms with Gasteiger partial charge < -0.3 is 10.3 Å². The summed E-state index contributed by atoms with van der Waals surface area (Å²) in [6.45, 7) is 0. The summed E-state index contributed by atoms with van der Waals surface area (Å²) in [6, 6.07) is 17.2. The normalized spacial score (nSPS) is 10.6. The summed E-state index contributed by atoms with van der Waals surface area (Å²) in [7, 11) is 1.84. The molecule has 3 nitrogen and oxygen atoms in total. The summed E-state index contributed by atoms with van der Waals surface area (Å²) < 4.78 is 0. The summed E-state index contributed by atoms with van der Waals surface area (Å²) in [5.41, 5.74) is 1.32. The van der Waals surface area contributed by atoms with Gasteiger partial charge in [-0.1, -0.05) is 54.6 Å². The van der Waals surface area contributed by atoms with Gasteiger partial charge in [-0.05, 0) is 0 Å². The molecule has 0 radical (unpaired) electrons. The molecular weight excluding hydrogens is 236 g/mol. The van der Waals surface area contributed by atoms with Crippen LogP contribution in [0.25, 0.3) is 10.8 Å². The van der Waals surface area contributed by atoms with Crippen LogP contribution in [0.2, 0.25) is 0 Å². The van der Waals surface area contributed by atoms with E-state index in [1.54, 1.807) is 0 Å². The highest BCUT2D eigenvalue weighted by Crippen LogP contribution is 2.27. The molecule has 0 amide bonds. The van der Waals surface area contributed by atoms with Crippen molar-refractivity contribution in [3.63, 3.8) is 0 Å². The predicted molar refractivity (Wildman–Crippen MR) is 77.7 cm³/mol. The standard InChI is InChI=1S/C16H14N2O/c1-17-16-13-10-6-5-9-12(13)14(18-16)15(19)11-7-3-2-4-8-11/h2-10,17-18H,1H3. The van der Waals surface area contributed by atoms with Crippen molar-refractivity contribution in [3.05, 3.63) is 65.9 Å². The van der Waals surface area contributed by atoms with E-state index in [1.165, 1.54) is 0 Å². The van der Waals surface area contributed by atoms with Gasteiger partial charge in [0.1, 0.15) is 5.82 Å². The van der Waals surface area contributed by atoms with Crippen LogP contribution in [0.5, 0.6) is 0 Å². The monoisotopic (exact) mass is 250 g/mol. The zero-order valence-corrected chi connectivity index (χ0v) is 10.6. The van der Waals surface area contributed by atoms with Crippen molar-refractivity contribution in [1.82, 2.24) is 4.98 Å². The van der Waals surface area contributed by atoms with Crippen LogP contribution >= 0.6 is 0 Å². The number of rotatable bonds is 3. The van der Waals surface area contributed by atoms with Gasteiger partial charge in [-0.3, -0.25) is 4.79 Å². The quantitative estimate of drug-likeness (QED) is 0.699. The molecule has 2 aromatic carbocycles. The van der Waals surface area contributed by atoms with E-state index in [0.717, 1.165) is 16.6 Å². The zero-order valence-electron chi connectivity index (χ0n) is 10.6. The minimum absolute atomic E-state index is 0.0123. The van der Waals surface area contributed by atoms with Gasteiger partial charge in [-0.15, -0.1) is 0 Å². The van der Waals surface area contributed by atoms with Gasteiger partial charge in [0.25, 0.3) is 0 Å². The lowest BCUT2D eigenvalue weighted by atomic mass is 10.1. The number of H-pyrrole nitrogens is 1. The molecule has 0 bridgehead atoms. The molecule has 0 aliphatic carbocycles. The average molecular weight is 250 g/mol. The van der Waals surface area contributed by atoms with E-state index in [-0.39, 0.29) is 5.78 Å². The van der Waals surface area contributed by atoms with Gasteiger partial charge in [0.05, 0.1) is 5.69 Å². The summed E-state index contributed by atoms with van der Waals surface area (Å²) in [6.07, 6.45) is 0. The molecule has 0 saturated carbocycles. The van der Waals surface area contributed by atoms with Crippen LogP contribution < -0.4 is 5.32 Å². The summed E-state index contributed by atoms with van der Waals surface area (Å²) in [5.74, 6) is 0.883. The molecule has 0 atom stereocenters. The number of carbonyl (C=O) groups is 1. The molecule has 1 heterocycles. The van der Waals surface area contributed by atoms with Crippen LogP contribution in [0.1, 0.15) is 16.1 Å². The van der Waals surface area contributed by atoms with Gasteiger partial charge in [0.2, 0.25) is 5.78 Å². The third-order valence-corrected chi connectivity index (χ3v) is 3.23. The highest BCUT2D eigenvalue weighted by molar-refractivity contribution is 6.17. The molecule has 3 heteroatoms. The van der Waals surface area contributed by atoms with Crippen LogP contribution in [0.3, 0.4) is 0 Å².